The van der Waals surface area contributed by atoms with Gasteiger partial charge >= 0.3 is 0 Å². The molecule has 0 spiro atoms. The summed E-state index contributed by atoms with van der Waals surface area (Å²) >= 11 is 5.85. The Morgan fingerprint density at radius 1 is 1.17 bits per heavy atom. The minimum absolute atomic E-state index is 0.0906. The molecule has 0 unspecified atom stereocenters. The van der Waals surface area contributed by atoms with E-state index in [2.05, 4.69) is 15.6 Å². The van der Waals surface area contributed by atoms with Crippen molar-refractivity contribution in [1.82, 2.24) is 15.5 Å². The number of halogens is 1. The van der Waals surface area contributed by atoms with Gasteiger partial charge in [0.25, 0.3) is 0 Å². The highest BCUT2D eigenvalue weighted by atomic mass is 35.5. The molecule has 0 radical (unpaired) electrons. The van der Waals surface area contributed by atoms with Crippen LogP contribution in [-0.4, -0.2) is 42.8 Å². The van der Waals surface area contributed by atoms with Crippen molar-refractivity contribution in [2.45, 2.75) is 25.8 Å². The van der Waals surface area contributed by atoms with E-state index in [-0.39, 0.29) is 11.8 Å². The Kier molecular flexibility index (Phi) is 6.40. The molecule has 2 N–H and O–H groups in total. The van der Waals surface area contributed by atoms with Crippen molar-refractivity contribution in [2.75, 3.05) is 20.1 Å². The number of hydrogen-bond acceptors (Lipinski definition) is 3. The molecule has 2 rings (SSSR count). The van der Waals surface area contributed by atoms with Crippen LogP contribution in [0.1, 0.15) is 24.8 Å². The number of benzene rings is 1. The Morgan fingerprint density at radius 2 is 1.83 bits per heavy atom. The standard InChI is InChI=1S/C16H21ClN4O2/c1-18-16(20-11-12-5-7-13(17)8-6-12)19-9-10-21-14(22)3-2-4-15(21)23/h5-8H,2-4,9-11H2,1H3,(H2,18,19,20). The van der Waals surface area contributed by atoms with Crippen LogP contribution in [-0.2, 0) is 16.1 Å². The summed E-state index contributed by atoms with van der Waals surface area (Å²) in [6.45, 7) is 1.44. The van der Waals surface area contributed by atoms with Crippen LogP contribution in [0, 0.1) is 0 Å². The summed E-state index contributed by atoms with van der Waals surface area (Å²) in [5, 5.41) is 6.98. The molecule has 6 nitrogen and oxygen atoms in total. The normalized spacial score (nSPS) is 15.7. The van der Waals surface area contributed by atoms with Crippen molar-refractivity contribution < 1.29 is 9.59 Å². The van der Waals surface area contributed by atoms with E-state index in [0.29, 0.717) is 49.9 Å². The van der Waals surface area contributed by atoms with Crippen molar-refractivity contribution in [3.63, 3.8) is 0 Å². The first-order valence-corrected chi connectivity index (χ1v) is 8.00. The van der Waals surface area contributed by atoms with Crippen LogP contribution in [0.5, 0.6) is 0 Å². The van der Waals surface area contributed by atoms with Crippen molar-refractivity contribution in [3.05, 3.63) is 34.9 Å². The van der Waals surface area contributed by atoms with Crippen molar-refractivity contribution in [1.29, 1.82) is 0 Å². The van der Waals surface area contributed by atoms with E-state index >= 15 is 0 Å². The van der Waals surface area contributed by atoms with Crippen LogP contribution in [0.3, 0.4) is 0 Å². The third kappa shape index (κ3) is 5.25. The van der Waals surface area contributed by atoms with Crippen LogP contribution in [0.25, 0.3) is 0 Å². The molecule has 0 atom stereocenters. The number of rotatable bonds is 5. The summed E-state index contributed by atoms with van der Waals surface area (Å²) in [7, 11) is 1.67. The third-order valence-corrected chi connectivity index (χ3v) is 3.86. The van der Waals surface area contributed by atoms with Crippen LogP contribution in [0.2, 0.25) is 5.02 Å². The van der Waals surface area contributed by atoms with Crippen molar-refractivity contribution >= 4 is 29.4 Å². The number of piperidine rings is 1. The molecule has 0 aromatic heterocycles. The average Bonchev–Trinajstić information content (AvgIpc) is 2.54. The zero-order valence-electron chi connectivity index (χ0n) is 13.1. The quantitative estimate of drug-likeness (QED) is 0.486. The minimum Gasteiger partial charge on any atom is -0.355 e. The van der Waals surface area contributed by atoms with Gasteiger partial charge in [0, 0.05) is 44.5 Å². The summed E-state index contributed by atoms with van der Waals surface area (Å²) in [6.07, 6.45) is 1.57. The largest absolute Gasteiger partial charge is 0.355 e. The number of amides is 2. The molecule has 1 heterocycles. The lowest BCUT2D eigenvalue weighted by Gasteiger charge is -2.25. The van der Waals surface area contributed by atoms with Gasteiger partial charge in [-0.2, -0.15) is 0 Å². The molecular formula is C16H21ClN4O2. The van der Waals surface area contributed by atoms with Gasteiger partial charge < -0.3 is 10.6 Å². The first-order chi connectivity index (χ1) is 11.1. The minimum atomic E-state index is -0.0906. The van der Waals surface area contributed by atoms with E-state index < -0.39 is 0 Å². The number of carbonyl (C=O) groups excluding carboxylic acids is 2. The first kappa shape index (κ1) is 17.3. The number of aliphatic imine (C=N–C) groups is 1. The van der Waals surface area contributed by atoms with E-state index in [9.17, 15) is 9.59 Å². The molecular weight excluding hydrogens is 316 g/mol. The molecule has 124 valence electrons. The maximum Gasteiger partial charge on any atom is 0.229 e. The molecule has 1 aromatic carbocycles. The molecule has 0 bridgehead atoms. The zero-order valence-corrected chi connectivity index (χ0v) is 13.9. The van der Waals surface area contributed by atoms with Crippen LogP contribution < -0.4 is 10.6 Å². The smallest absolute Gasteiger partial charge is 0.229 e. The highest BCUT2D eigenvalue weighted by Gasteiger charge is 2.25. The number of nitrogens with zero attached hydrogens (tertiary/aromatic N) is 2. The molecule has 1 aliphatic rings. The zero-order chi connectivity index (χ0) is 16.7. The van der Waals surface area contributed by atoms with Crippen molar-refractivity contribution in [3.8, 4) is 0 Å². The van der Waals surface area contributed by atoms with Gasteiger partial charge in [0.2, 0.25) is 11.8 Å². The van der Waals surface area contributed by atoms with Gasteiger partial charge in [-0.15, -0.1) is 0 Å². The predicted octanol–water partition coefficient (Wildman–Crippen LogP) is 1.54. The van der Waals surface area contributed by atoms with Gasteiger partial charge in [-0.1, -0.05) is 23.7 Å². The van der Waals surface area contributed by atoms with Gasteiger partial charge in [0.05, 0.1) is 0 Å². The molecule has 23 heavy (non-hydrogen) atoms. The number of imide groups is 1. The SMILES string of the molecule is CN=C(NCCN1C(=O)CCCC1=O)NCc1ccc(Cl)cc1. The molecule has 1 aromatic rings. The fraction of sp³-hybridized carbons (Fsp3) is 0.438. The molecule has 0 aliphatic carbocycles. The second-order valence-electron chi connectivity index (χ2n) is 5.27. The summed E-state index contributed by atoms with van der Waals surface area (Å²) in [5.74, 6) is 0.441. The maximum atomic E-state index is 11.7. The average molecular weight is 337 g/mol. The van der Waals surface area contributed by atoms with Crippen molar-refractivity contribution in [2.24, 2.45) is 4.99 Å². The molecule has 2 amide bonds. The highest BCUT2D eigenvalue weighted by molar-refractivity contribution is 6.30. The lowest BCUT2D eigenvalue weighted by Crippen LogP contribution is -2.46. The lowest BCUT2D eigenvalue weighted by atomic mass is 10.1. The first-order valence-electron chi connectivity index (χ1n) is 7.62. The Labute approximate surface area is 140 Å². The van der Waals surface area contributed by atoms with Crippen LogP contribution in [0.4, 0.5) is 0 Å². The Balaban J connectivity index is 1.75. The highest BCUT2D eigenvalue weighted by Crippen LogP contribution is 2.11. The Bertz CT molecular complexity index is 570. The molecule has 0 saturated carbocycles. The molecule has 1 fully saturated rings. The van der Waals surface area contributed by atoms with E-state index in [0.717, 1.165) is 5.56 Å². The second kappa shape index (κ2) is 8.53. The van der Waals surface area contributed by atoms with Gasteiger partial charge in [0.15, 0.2) is 5.96 Å². The monoisotopic (exact) mass is 336 g/mol. The number of likely N-dealkylation sites (tertiary alicyclic amines) is 1. The predicted molar refractivity (Wildman–Crippen MR) is 90.2 cm³/mol. The topological polar surface area (TPSA) is 73.8 Å². The van der Waals surface area contributed by atoms with Crippen LogP contribution >= 0.6 is 11.6 Å². The van der Waals surface area contributed by atoms with E-state index in [1.54, 1.807) is 7.05 Å². The van der Waals surface area contributed by atoms with E-state index in [1.807, 2.05) is 24.3 Å². The number of guanidine groups is 1. The number of nitrogens with one attached hydrogen (secondary N) is 2. The summed E-state index contributed by atoms with van der Waals surface area (Å²) in [4.78, 5) is 28.9. The lowest BCUT2D eigenvalue weighted by molar-refractivity contribution is -0.147. The summed E-state index contributed by atoms with van der Waals surface area (Å²) < 4.78 is 0. The fourth-order valence-corrected chi connectivity index (χ4v) is 2.47. The van der Waals surface area contributed by atoms with Gasteiger partial charge in [0.1, 0.15) is 0 Å². The van der Waals surface area contributed by atoms with Gasteiger partial charge in [-0.05, 0) is 24.1 Å². The molecule has 1 aliphatic heterocycles. The van der Waals surface area contributed by atoms with Gasteiger partial charge in [-0.3, -0.25) is 19.5 Å². The van der Waals surface area contributed by atoms with Crippen LogP contribution in [0.15, 0.2) is 29.3 Å². The number of carbonyl (C=O) groups is 2. The fourth-order valence-electron chi connectivity index (χ4n) is 2.34. The second-order valence-corrected chi connectivity index (χ2v) is 5.71. The Morgan fingerprint density at radius 3 is 2.43 bits per heavy atom. The summed E-state index contributed by atoms with van der Waals surface area (Å²) in [6, 6.07) is 7.55. The number of hydrogen-bond donors (Lipinski definition) is 2. The Hall–Kier alpha value is -2.08. The molecule has 7 heteroatoms. The maximum absolute atomic E-state index is 11.7. The third-order valence-electron chi connectivity index (χ3n) is 3.61. The van der Waals surface area contributed by atoms with Gasteiger partial charge in [-0.25, -0.2) is 0 Å². The van der Waals surface area contributed by atoms with E-state index in [4.69, 9.17) is 11.6 Å². The molecule has 1 saturated heterocycles. The van der Waals surface area contributed by atoms with E-state index in [1.165, 1.54) is 4.90 Å². The summed E-state index contributed by atoms with van der Waals surface area (Å²) in [5.41, 5.74) is 1.08.